The Balaban J connectivity index is 2.33. The molecule has 1 atom stereocenters. The Hall–Kier alpha value is -0.610. The predicted molar refractivity (Wildman–Crippen MR) is 37.7 cm³/mol. The topological polar surface area (TPSA) is 72.4 Å². The van der Waals surface area contributed by atoms with Gasteiger partial charge in [-0.25, -0.2) is 5.01 Å². The molecule has 0 aromatic heterocycles. The van der Waals surface area contributed by atoms with Gasteiger partial charge < -0.3 is 5.73 Å². The molecule has 1 aliphatic rings. The van der Waals surface area contributed by atoms with Gasteiger partial charge in [0.15, 0.2) is 0 Å². The Bertz CT molecular complexity index is 137. The average molecular weight is 143 g/mol. The molecule has 1 rings (SSSR count). The molecule has 1 unspecified atom stereocenters. The van der Waals surface area contributed by atoms with Crippen LogP contribution in [0.25, 0.3) is 0 Å². The summed E-state index contributed by atoms with van der Waals surface area (Å²) in [5, 5.41) is 1.70. The van der Waals surface area contributed by atoms with Crippen LogP contribution in [0.3, 0.4) is 0 Å². The molecule has 0 radical (unpaired) electrons. The van der Waals surface area contributed by atoms with Crippen LogP contribution in [0, 0.1) is 0 Å². The number of hydrogen-bond donors (Lipinski definition) is 2. The van der Waals surface area contributed by atoms with E-state index in [-0.39, 0.29) is 11.9 Å². The minimum atomic E-state index is -0.262. The summed E-state index contributed by atoms with van der Waals surface area (Å²) >= 11 is 0. The molecule has 4 nitrogen and oxygen atoms in total. The zero-order valence-corrected chi connectivity index (χ0v) is 5.92. The van der Waals surface area contributed by atoms with Crippen LogP contribution >= 0.6 is 0 Å². The number of nitrogens with zero attached hydrogens (tertiary/aromatic N) is 1. The van der Waals surface area contributed by atoms with E-state index in [1.165, 1.54) is 0 Å². The highest BCUT2D eigenvalue weighted by atomic mass is 16.1. The quantitative estimate of drug-likeness (QED) is 0.497. The van der Waals surface area contributed by atoms with Crippen molar-refractivity contribution in [3.63, 3.8) is 0 Å². The van der Waals surface area contributed by atoms with Gasteiger partial charge in [-0.1, -0.05) is 0 Å². The van der Waals surface area contributed by atoms with E-state index in [4.69, 9.17) is 11.6 Å². The first-order chi connectivity index (χ1) is 4.70. The molecule has 1 fully saturated rings. The van der Waals surface area contributed by atoms with Crippen molar-refractivity contribution in [1.29, 1.82) is 0 Å². The minimum absolute atomic E-state index is 0.192. The summed E-state index contributed by atoms with van der Waals surface area (Å²) in [6.45, 7) is 0.887. The van der Waals surface area contributed by atoms with Crippen molar-refractivity contribution < 1.29 is 4.79 Å². The van der Waals surface area contributed by atoms with Gasteiger partial charge in [-0.15, -0.1) is 0 Å². The van der Waals surface area contributed by atoms with Crippen LogP contribution < -0.4 is 11.6 Å². The third kappa shape index (κ3) is 1.68. The van der Waals surface area contributed by atoms with Gasteiger partial charge in [0, 0.05) is 19.0 Å². The summed E-state index contributed by atoms with van der Waals surface area (Å²) in [5.41, 5.74) is 5.01. The normalized spacial score (nSPS) is 27.1. The van der Waals surface area contributed by atoms with E-state index in [9.17, 15) is 4.79 Å². The summed E-state index contributed by atoms with van der Waals surface area (Å²) in [6, 6.07) is 0.192. The maximum atomic E-state index is 10.4. The zero-order chi connectivity index (χ0) is 7.56. The third-order valence-electron chi connectivity index (χ3n) is 1.86. The van der Waals surface area contributed by atoms with Gasteiger partial charge >= 0.3 is 0 Å². The number of rotatable bonds is 2. The van der Waals surface area contributed by atoms with E-state index in [0.29, 0.717) is 6.42 Å². The van der Waals surface area contributed by atoms with Gasteiger partial charge in [0.1, 0.15) is 0 Å². The van der Waals surface area contributed by atoms with E-state index >= 15 is 0 Å². The van der Waals surface area contributed by atoms with E-state index < -0.39 is 0 Å². The van der Waals surface area contributed by atoms with Crippen LogP contribution in [0.5, 0.6) is 0 Å². The second-order valence-corrected chi connectivity index (χ2v) is 2.70. The van der Waals surface area contributed by atoms with E-state index in [2.05, 4.69) is 0 Å². The number of amides is 1. The van der Waals surface area contributed by atoms with Gasteiger partial charge in [0.25, 0.3) is 0 Å². The largest absolute Gasteiger partial charge is 0.370 e. The number of hydrazine groups is 1. The highest BCUT2D eigenvalue weighted by molar-refractivity contribution is 5.74. The molecule has 4 N–H and O–H groups in total. The van der Waals surface area contributed by atoms with Gasteiger partial charge in [-0.3, -0.25) is 10.6 Å². The van der Waals surface area contributed by atoms with Crippen molar-refractivity contribution in [1.82, 2.24) is 5.01 Å². The van der Waals surface area contributed by atoms with Gasteiger partial charge in [0.2, 0.25) is 5.91 Å². The van der Waals surface area contributed by atoms with Crippen LogP contribution in [0.4, 0.5) is 0 Å². The summed E-state index contributed by atoms with van der Waals surface area (Å²) in [5.74, 6) is 5.29. The molecule has 58 valence electrons. The molecule has 0 aromatic carbocycles. The van der Waals surface area contributed by atoms with E-state index in [1.54, 1.807) is 5.01 Å². The molecule has 10 heavy (non-hydrogen) atoms. The first-order valence-electron chi connectivity index (χ1n) is 3.50. The monoisotopic (exact) mass is 143 g/mol. The molecule has 1 heterocycles. The first-order valence-corrected chi connectivity index (χ1v) is 3.50. The molecule has 4 heteroatoms. The van der Waals surface area contributed by atoms with Crippen molar-refractivity contribution >= 4 is 5.91 Å². The number of nitrogens with two attached hydrogens (primary N) is 2. The fraction of sp³-hybridized carbons (Fsp3) is 0.833. The van der Waals surface area contributed by atoms with Crippen LogP contribution in [-0.2, 0) is 4.79 Å². The highest BCUT2D eigenvalue weighted by Crippen LogP contribution is 2.15. The molecule has 0 saturated carbocycles. The molecule has 0 aromatic rings. The molecule has 1 saturated heterocycles. The lowest BCUT2D eigenvalue weighted by molar-refractivity contribution is -0.119. The lowest BCUT2D eigenvalue weighted by Crippen LogP contribution is -2.38. The molecular weight excluding hydrogens is 130 g/mol. The van der Waals surface area contributed by atoms with Gasteiger partial charge in [-0.2, -0.15) is 0 Å². The number of primary amides is 1. The summed E-state index contributed by atoms with van der Waals surface area (Å²) in [4.78, 5) is 10.4. The molecule has 0 aliphatic carbocycles. The van der Waals surface area contributed by atoms with Gasteiger partial charge in [-0.05, 0) is 12.8 Å². The van der Waals surface area contributed by atoms with Gasteiger partial charge in [0.05, 0.1) is 0 Å². The average Bonchev–Trinajstić information content (AvgIpc) is 2.15. The van der Waals surface area contributed by atoms with Crippen LogP contribution in [-0.4, -0.2) is 23.5 Å². The second kappa shape index (κ2) is 2.98. The van der Waals surface area contributed by atoms with E-state index in [0.717, 1.165) is 19.4 Å². The molecule has 1 amide bonds. The maximum Gasteiger partial charge on any atom is 0.219 e. The summed E-state index contributed by atoms with van der Waals surface area (Å²) < 4.78 is 0. The van der Waals surface area contributed by atoms with Crippen molar-refractivity contribution in [2.24, 2.45) is 11.6 Å². The summed E-state index contributed by atoms with van der Waals surface area (Å²) in [6.07, 6.45) is 2.48. The Morgan fingerprint density at radius 2 is 2.40 bits per heavy atom. The Morgan fingerprint density at radius 1 is 1.70 bits per heavy atom. The van der Waals surface area contributed by atoms with Crippen LogP contribution in [0.1, 0.15) is 19.3 Å². The lowest BCUT2D eigenvalue weighted by atomic mass is 10.1. The fourth-order valence-corrected chi connectivity index (χ4v) is 1.31. The fourth-order valence-electron chi connectivity index (χ4n) is 1.31. The minimum Gasteiger partial charge on any atom is -0.370 e. The zero-order valence-electron chi connectivity index (χ0n) is 5.92. The highest BCUT2D eigenvalue weighted by Gasteiger charge is 2.22. The van der Waals surface area contributed by atoms with E-state index in [1.807, 2.05) is 0 Å². The molecule has 0 spiro atoms. The number of hydrogen-bond acceptors (Lipinski definition) is 3. The number of carbonyl (C=O) groups is 1. The predicted octanol–water partition coefficient (Wildman–Crippen LogP) is -0.800. The standard InChI is InChI=1S/C6H13N3O/c7-6(10)4-5-2-1-3-9(5)8/h5H,1-4,8H2,(H2,7,10). The van der Waals surface area contributed by atoms with Crippen LogP contribution in [0.15, 0.2) is 0 Å². The third-order valence-corrected chi connectivity index (χ3v) is 1.86. The Morgan fingerprint density at radius 3 is 2.80 bits per heavy atom. The smallest absolute Gasteiger partial charge is 0.219 e. The second-order valence-electron chi connectivity index (χ2n) is 2.70. The Labute approximate surface area is 60.1 Å². The lowest BCUT2D eigenvalue weighted by Gasteiger charge is -2.16. The molecule has 1 aliphatic heterocycles. The van der Waals surface area contributed by atoms with Crippen molar-refractivity contribution in [3.05, 3.63) is 0 Å². The molecular formula is C6H13N3O. The van der Waals surface area contributed by atoms with Crippen LogP contribution in [0.2, 0.25) is 0 Å². The summed E-state index contributed by atoms with van der Waals surface area (Å²) in [7, 11) is 0. The molecule has 0 bridgehead atoms. The maximum absolute atomic E-state index is 10.4. The Kier molecular flexibility index (Phi) is 2.24. The van der Waals surface area contributed by atoms with Crippen molar-refractivity contribution in [3.8, 4) is 0 Å². The SMILES string of the molecule is NC(=O)CC1CCCN1N. The number of carbonyl (C=O) groups excluding carboxylic acids is 1. The first kappa shape index (κ1) is 7.50. The van der Waals surface area contributed by atoms with Crippen molar-refractivity contribution in [2.45, 2.75) is 25.3 Å². The van der Waals surface area contributed by atoms with Crippen molar-refractivity contribution in [2.75, 3.05) is 6.54 Å².